The Labute approximate surface area is 90.9 Å². The van der Waals surface area contributed by atoms with Crippen molar-refractivity contribution in [1.29, 1.82) is 0 Å². The molecule has 2 heteroatoms. The third-order valence-corrected chi connectivity index (χ3v) is 3.17. The first-order valence-electron chi connectivity index (χ1n) is 5.54. The first-order valence-corrected chi connectivity index (χ1v) is 5.54. The largest absolute Gasteiger partial charge is 0.312 e. The third kappa shape index (κ3) is 2.04. The van der Waals surface area contributed by atoms with E-state index in [-0.39, 0.29) is 5.91 Å². The zero-order valence-electron chi connectivity index (χ0n) is 9.31. The number of carbonyl (C=O) groups excluding carboxylic acids is 1. The fourth-order valence-corrected chi connectivity index (χ4v) is 2.04. The lowest BCUT2D eigenvalue weighted by Crippen LogP contribution is -2.24. The predicted octanol–water partition coefficient (Wildman–Crippen LogP) is 2.70. The number of amides is 1. The Balaban J connectivity index is 2.16. The van der Waals surface area contributed by atoms with Crippen molar-refractivity contribution in [3.8, 4) is 0 Å². The van der Waals surface area contributed by atoms with Gasteiger partial charge in [0, 0.05) is 18.7 Å². The molecule has 1 aromatic rings. The lowest BCUT2D eigenvalue weighted by atomic mass is 9.95. The van der Waals surface area contributed by atoms with Crippen LogP contribution in [0, 0.1) is 11.8 Å². The van der Waals surface area contributed by atoms with Gasteiger partial charge >= 0.3 is 0 Å². The highest BCUT2D eigenvalue weighted by Crippen LogP contribution is 2.28. The fourth-order valence-electron chi connectivity index (χ4n) is 2.04. The van der Waals surface area contributed by atoms with E-state index in [1.54, 1.807) is 0 Å². The molecule has 0 aliphatic carbocycles. The monoisotopic (exact) mass is 203 g/mol. The zero-order chi connectivity index (χ0) is 10.8. The van der Waals surface area contributed by atoms with Gasteiger partial charge in [-0.3, -0.25) is 4.79 Å². The molecule has 1 heterocycles. The Kier molecular flexibility index (Phi) is 2.76. The van der Waals surface area contributed by atoms with Crippen molar-refractivity contribution >= 4 is 11.6 Å². The van der Waals surface area contributed by atoms with E-state index in [4.69, 9.17) is 0 Å². The number of benzene rings is 1. The number of rotatable bonds is 2. The fraction of sp³-hybridized carbons (Fsp3) is 0.462. The molecule has 0 aromatic heterocycles. The molecule has 0 saturated carbocycles. The Hall–Kier alpha value is -1.31. The Morgan fingerprint density at radius 2 is 1.93 bits per heavy atom. The van der Waals surface area contributed by atoms with Crippen molar-refractivity contribution < 1.29 is 4.79 Å². The molecule has 1 aliphatic rings. The van der Waals surface area contributed by atoms with Crippen molar-refractivity contribution in [2.24, 2.45) is 11.8 Å². The van der Waals surface area contributed by atoms with Crippen LogP contribution in [-0.4, -0.2) is 12.5 Å². The molecule has 1 aromatic carbocycles. The van der Waals surface area contributed by atoms with Crippen molar-refractivity contribution in [3.63, 3.8) is 0 Å². The van der Waals surface area contributed by atoms with Crippen LogP contribution in [0.25, 0.3) is 0 Å². The molecule has 1 fully saturated rings. The summed E-state index contributed by atoms with van der Waals surface area (Å²) in [6.07, 6.45) is 0.701. The minimum atomic E-state index is 0.264. The van der Waals surface area contributed by atoms with Crippen LogP contribution in [0.3, 0.4) is 0 Å². The topological polar surface area (TPSA) is 20.3 Å². The number of hydrogen-bond donors (Lipinski definition) is 0. The highest BCUT2D eigenvalue weighted by Gasteiger charge is 2.31. The van der Waals surface area contributed by atoms with Crippen LogP contribution >= 0.6 is 0 Å². The summed E-state index contributed by atoms with van der Waals surface area (Å²) in [5, 5.41) is 0. The van der Waals surface area contributed by atoms with Gasteiger partial charge in [-0.15, -0.1) is 0 Å². The first-order chi connectivity index (χ1) is 7.18. The van der Waals surface area contributed by atoms with Crippen LogP contribution in [0.1, 0.15) is 20.3 Å². The van der Waals surface area contributed by atoms with Gasteiger partial charge in [-0.05, 0) is 24.0 Å². The summed E-state index contributed by atoms with van der Waals surface area (Å²) in [6, 6.07) is 9.93. The molecule has 1 unspecified atom stereocenters. The molecular weight excluding hydrogens is 186 g/mol. The highest BCUT2D eigenvalue weighted by atomic mass is 16.2. The van der Waals surface area contributed by atoms with Crippen LogP contribution in [0.5, 0.6) is 0 Å². The second-order valence-corrected chi connectivity index (χ2v) is 4.55. The lowest BCUT2D eigenvalue weighted by molar-refractivity contribution is -0.117. The second kappa shape index (κ2) is 4.05. The van der Waals surface area contributed by atoms with Crippen LogP contribution in [-0.2, 0) is 4.79 Å². The molecule has 0 spiro atoms. The number of para-hydroxylation sites is 1. The smallest absolute Gasteiger partial charge is 0.227 e. The summed E-state index contributed by atoms with van der Waals surface area (Å²) in [7, 11) is 0. The number of carbonyl (C=O) groups is 1. The first kappa shape index (κ1) is 10.2. The quantitative estimate of drug-likeness (QED) is 0.723. The van der Waals surface area contributed by atoms with Crippen molar-refractivity contribution in [2.45, 2.75) is 20.3 Å². The van der Waals surface area contributed by atoms with Crippen LogP contribution in [0.2, 0.25) is 0 Å². The molecule has 80 valence electrons. The molecule has 0 N–H and O–H groups in total. The summed E-state index contributed by atoms with van der Waals surface area (Å²) in [6.45, 7) is 5.25. The van der Waals surface area contributed by atoms with Gasteiger partial charge in [0.2, 0.25) is 5.91 Å². The van der Waals surface area contributed by atoms with E-state index in [0.29, 0.717) is 18.3 Å². The molecule has 1 amide bonds. The highest BCUT2D eigenvalue weighted by molar-refractivity contribution is 5.95. The average molecular weight is 203 g/mol. The van der Waals surface area contributed by atoms with Gasteiger partial charge in [-0.1, -0.05) is 32.0 Å². The van der Waals surface area contributed by atoms with Gasteiger partial charge in [0.15, 0.2) is 0 Å². The molecule has 15 heavy (non-hydrogen) atoms. The summed E-state index contributed by atoms with van der Waals surface area (Å²) < 4.78 is 0. The van der Waals surface area contributed by atoms with E-state index in [1.807, 2.05) is 35.2 Å². The number of anilines is 1. The molecule has 0 radical (unpaired) electrons. The van der Waals surface area contributed by atoms with Crippen molar-refractivity contribution in [2.75, 3.05) is 11.4 Å². The van der Waals surface area contributed by atoms with Crippen LogP contribution < -0.4 is 4.90 Å². The SMILES string of the molecule is CC(C)C1CC(=O)N(c2ccccc2)C1. The Morgan fingerprint density at radius 3 is 2.47 bits per heavy atom. The standard InChI is InChI=1S/C13H17NO/c1-10(2)11-8-13(15)14(9-11)12-6-4-3-5-7-12/h3-7,10-11H,8-9H2,1-2H3. The van der Waals surface area contributed by atoms with Gasteiger partial charge in [0.05, 0.1) is 0 Å². The average Bonchev–Trinajstić information content (AvgIpc) is 2.62. The summed E-state index contributed by atoms with van der Waals surface area (Å²) in [5.41, 5.74) is 1.03. The minimum absolute atomic E-state index is 0.264. The molecular formula is C13H17NO. The summed E-state index contributed by atoms with van der Waals surface area (Å²) >= 11 is 0. The van der Waals surface area contributed by atoms with E-state index in [0.717, 1.165) is 12.2 Å². The van der Waals surface area contributed by atoms with Gasteiger partial charge in [0.1, 0.15) is 0 Å². The second-order valence-electron chi connectivity index (χ2n) is 4.55. The van der Waals surface area contributed by atoms with E-state index >= 15 is 0 Å². The maximum Gasteiger partial charge on any atom is 0.227 e. The normalized spacial score (nSPS) is 21.4. The summed E-state index contributed by atoms with van der Waals surface area (Å²) in [4.78, 5) is 13.7. The molecule has 2 nitrogen and oxygen atoms in total. The number of hydrogen-bond acceptors (Lipinski definition) is 1. The number of nitrogens with zero attached hydrogens (tertiary/aromatic N) is 1. The molecule has 2 rings (SSSR count). The van der Waals surface area contributed by atoms with E-state index in [1.165, 1.54) is 0 Å². The van der Waals surface area contributed by atoms with Crippen LogP contribution in [0.4, 0.5) is 5.69 Å². The van der Waals surface area contributed by atoms with Crippen LogP contribution in [0.15, 0.2) is 30.3 Å². The van der Waals surface area contributed by atoms with Gasteiger partial charge in [-0.2, -0.15) is 0 Å². The van der Waals surface area contributed by atoms with Crippen molar-refractivity contribution in [1.82, 2.24) is 0 Å². The van der Waals surface area contributed by atoms with Gasteiger partial charge in [-0.25, -0.2) is 0 Å². The maximum atomic E-state index is 11.8. The Bertz CT molecular complexity index is 345. The molecule has 1 atom stereocenters. The Morgan fingerprint density at radius 1 is 1.27 bits per heavy atom. The van der Waals surface area contributed by atoms with Crippen molar-refractivity contribution in [3.05, 3.63) is 30.3 Å². The van der Waals surface area contributed by atoms with E-state index in [9.17, 15) is 4.79 Å². The zero-order valence-corrected chi connectivity index (χ0v) is 9.31. The van der Waals surface area contributed by atoms with E-state index in [2.05, 4.69) is 13.8 Å². The minimum Gasteiger partial charge on any atom is -0.312 e. The third-order valence-electron chi connectivity index (χ3n) is 3.17. The van der Waals surface area contributed by atoms with Gasteiger partial charge < -0.3 is 4.90 Å². The molecule has 0 bridgehead atoms. The predicted molar refractivity (Wildman–Crippen MR) is 61.7 cm³/mol. The lowest BCUT2D eigenvalue weighted by Gasteiger charge is -2.17. The summed E-state index contributed by atoms with van der Waals surface area (Å²) in [5.74, 6) is 1.36. The molecule has 1 saturated heterocycles. The van der Waals surface area contributed by atoms with Gasteiger partial charge in [0.25, 0.3) is 0 Å². The van der Waals surface area contributed by atoms with E-state index < -0.39 is 0 Å². The molecule has 1 aliphatic heterocycles. The maximum absolute atomic E-state index is 11.8.